The minimum atomic E-state index is -4.42. The summed E-state index contributed by atoms with van der Waals surface area (Å²) in [4.78, 5) is 12.4. The van der Waals surface area contributed by atoms with E-state index in [1.807, 2.05) is 0 Å². The molecule has 0 spiro atoms. The van der Waals surface area contributed by atoms with E-state index in [-0.39, 0.29) is 6.54 Å². The molecule has 0 heterocycles. The third kappa shape index (κ3) is 5.35. The quantitative estimate of drug-likeness (QED) is 0.841. The van der Waals surface area contributed by atoms with E-state index in [9.17, 15) is 18.0 Å². The molecule has 0 aliphatic rings. The summed E-state index contributed by atoms with van der Waals surface area (Å²) in [5.74, 6) is -1.04. The van der Waals surface area contributed by atoms with Crippen molar-refractivity contribution in [2.75, 3.05) is 26.8 Å². The lowest BCUT2D eigenvalue weighted by molar-refractivity contribution is -0.139. The highest BCUT2D eigenvalue weighted by Gasteiger charge is 2.31. The Bertz CT molecular complexity index is 477. The molecule has 0 radical (unpaired) electrons. The number of nitrogens with zero attached hydrogens (tertiary/aromatic N) is 1. The number of carbonyl (C=O) groups is 1. The molecule has 0 amide bonds. The topological polar surface area (TPSA) is 49.8 Å². The summed E-state index contributed by atoms with van der Waals surface area (Å²) >= 11 is 0. The molecule has 1 N–H and O–H groups in total. The Morgan fingerprint density at radius 1 is 1.43 bits per heavy atom. The highest BCUT2D eigenvalue weighted by Crippen LogP contribution is 2.31. The van der Waals surface area contributed by atoms with Crippen molar-refractivity contribution in [2.45, 2.75) is 19.1 Å². The fraction of sp³-hybridized carbons (Fsp3) is 0.500. The van der Waals surface area contributed by atoms with Crippen molar-refractivity contribution in [2.24, 2.45) is 0 Å². The van der Waals surface area contributed by atoms with Gasteiger partial charge in [0.05, 0.1) is 18.7 Å². The monoisotopic (exact) mass is 305 g/mol. The van der Waals surface area contributed by atoms with Gasteiger partial charge in [-0.1, -0.05) is 12.1 Å². The van der Waals surface area contributed by atoms with Crippen molar-refractivity contribution in [1.82, 2.24) is 4.90 Å². The number of carboxylic acids is 1. The molecule has 0 fully saturated rings. The average Bonchev–Trinajstić information content (AvgIpc) is 2.41. The summed E-state index contributed by atoms with van der Waals surface area (Å²) in [5, 5.41) is 8.90. The molecule has 1 aromatic rings. The molecule has 1 aromatic carbocycles. The molecule has 7 heteroatoms. The largest absolute Gasteiger partial charge is 0.480 e. The van der Waals surface area contributed by atoms with Gasteiger partial charge in [0.1, 0.15) is 0 Å². The number of benzene rings is 1. The lowest BCUT2D eigenvalue weighted by Gasteiger charge is -2.28. The Labute approximate surface area is 121 Å². The summed E-state index contributed by atoms with van der Waals surface area (Å²) in [6.45, 7) is 2.03. The van der Waals surface area contributed by atoms with Crippen LogP contribution in [0.4, 0.5) is 13.2 Å². The Balaban J connectivity index is 2.96. The van der Waals surface area contributed by atoms with E-state index < -0.39 is 23.8 Å². The second kappa shape index (κ2) is 7.42. The van der Waals surface area contributed by atoms with Crippen molar-refractivity contribution in [3.05, 3.63) is 35.4 Å². The summed E-state index contributed by atoms with van der Waals surface area (Å²) in [6.07, 6.45) is -4.42. The van der Waals surface area contributed by atoms with Gasteiger partial charge >= 0.3 is 12.1 Å². The number of hydrogen-bond acceptors (Lipinski definition) is 3. The van der Waals surface area contributed by atoms with Crippen LogP contribution in [0.1, 0.15) is 24.1 Å². The van der Waals surface area contributed by atoms with E-state index in [0.717, 1.165) is 12.1 Å². The second-order valence-corrected chi connectivity index (χ2v) is 4.66. The van der Waals surface area contributed by atoms with E-state index in [1.165, 1.54) is 13.2 Å². The minimum absolute atomic E-state index is 0.263. The molecule has 0 saturated carbocycles. The van der Waals surface area contributed by atoms with Crippen LogP contribution in [0, 0.1) is 0 Å². The number of alkyl halides is 3. The summed E-state index contributed by atoms with van der Waals surface area (Å²) < 4.78 is 43.1. The molecular formula is C14H18F3NO3. The van der Waals surface area contributed by atoms with Crippen LogP contribution in [0.25, 0.3) is 0 Å². The first-order valence-electron chi connectivity index (χ1n) is 6.37. The summed E-state index contributed by atoms with van der Waals surface area (Å²) in [6, 6.07) is 4.46. The molecule has 0 bridgehead atoms. The van der Waals surface area contributed by atoms with Crippen LogP contribution in [0.2, 0.25) is 0 Å². The number of ether oxygens (including phenoxy) is 1. The standard InChI is InChI=1S/C14H18F3NO3/c1-10(18(6-7-21-2)9-13(19)20)11-4-3-5-12(8-11)14(15,16)17/h3-5,8,10H,6-7,9H2,1-2H3,(H,19,20). The molecular weight excluding hydrogens is 287 g/mol. The SMILES string of the molecule is COCCN(CC(=O)O)C(C)c1cccc(C(F)(F)F)c1. The lowest BCUT2D eigenvalue weighted by Crippen LogP contribution is -2.35. The molecule has 0 saturated heterocycles. The van der Waals surface area contributed by atoms with E-state index >= 15 is 0 Å². The zero-order valence-electron chi connectivity index (χ0n) is 11.9. The van der Waals surface area contributed by atoms with Gasteiger partial charge in [-0.05, 0) is 24.6 Å². The summed E-state index contributed by atoms with van der Waals surface area (Å²) in [5.41, 5.74) is -0.323. The van der Waals surface area contributed by atoms with Crippen molar-refractivity contribution in [1.29, 1.82) is 0 Å². The van der Waals surface area contributed by atoms with Gasteiger partial charge < -0.3 is 9.84 Å². The molecule has 1 rings (SSSR count). The molecule has 118 valence electrons. The fourth-order valence-corrected chi connectivity index (χ4v) is 1.98. The molecule has 1 unspecified atom stereocenters. The van der Waals surface area contributed by atoms with Crippen LogP contribution in [-0.4, -0.2) is 42.8 Å². The van der Waals surface area contributed by atoms with Gasteiger partial charge in [0.2, 0.25) is 0 Å². The molecule has 21 heavy (non-hydrogen) atoms. The smallest absolute Gasteiger partial charge is 0.416 e. The first kappa shape index (κ1) is 17.5. The molecule has 4 nitrogen and oxygen atoms in total. The van der Waals surface area contributed by atoms with Crippen LogP contribution in [0.3, 0.4) is 0 Å². The first-order valence-corrected chi connectivity index (χ1v) is 6.37. The normalized spacial score (nSPS) is 13.4. The van der Waals surface area contributed by atoms with Crippen LogP contribution < -0.4 is 0 Å². The zero-order chi connectivity index (χ0) is 16.0. The Morgan fingerprint density at radius 3 is 2.62 bits per heavy atom. The zero-order valence-corrected chi connectivity index (χ0v) is 11.9. The maximum Gasteiger partial charge on any atom is 0.416 e. The van der Waals surface area contributed by atoms with Crippen molar-refractivity contribution < 1.29 is 27.8 Å². The van der Waals surface area contributed by atoms with Crippen LogP contribution in [0.15, 0.2) is 24.3 Å². The van der Waals surface area contributed by atoms with Crippen molar-refractivity contribution in [3.8, 4) is 0 Å². The van der Waals surface area contributed by atoms with Gasteiger partial charge in [-0.25, -0.2) is 0 Å². The third-order valence-electron chi connectivity index (χ3n) is 3.17. The first-order chi connectivity index (χ1) is 9.75. The van der Waals surface area contributed by atoms with E-state index in [2.05, 4.69) is 0 Å². The van der Waals surface area contributed by atoms with Gasteiger partial charge in [0.15, 0.2) is 0 Å². The maximum atomic E-state index is 12.7. The highest BCUT2D eigenvalue weighted by molar-refractivity contribution is 5.69. The number of hydrogen-bond donors (Lipinski definition) is 1. The number of halogens is 3. The van der Waals surface area contributed by atoms with Crippen LogP contribution >= 0.6 is 0 Å². The highest BCUT2D eigenvalue weighted by atomic mass is 19.4. The second-order valence-electron chi connectivity index (χ2n) is 4.66. The molecule has 1 atom stereocenters. The predicted octanol–water partition coefficient (Wildman–Crippen LogP) is 2.80. The van der Waals surface area contributed by atoms with Crippen LogP contribution in [0.5, 0.6) is 0 Å². The number of carboxylic acid groups (broad SMARTS) is 1. The van der Waals surface area contributed by atoms with Gasteiger partial charge in [-0.15, -0.1) is 0 Å². The summed E-state index contributed by atoms with van der Waals surface area (Å²) in [7, 11) is 1.48. The van der Waals surface area contributed by atoms with E-state index in [1.54, 1.807) is 17.9 Å². The Hall–Kier alpha value is -1.60. The molecule has 0 aromatic heterocycles. The van der Waals surface area contributed by atoms with E-state index in [4.69, 9.17) is 9.84 Å². The van der Waals surface area contributed by atoms with Gasteiger partial charge in [-0.2, -0.15) is 13.2 Å². The maximum absolute atomic E-state index is 12.7. The fourth-order valence-electron chi connectivity index (χ4n) is 1.98. The number of aliphatic carboxylic acids is 1. The number of methoxy groups -OCH3 is 1. The van der Waals surface area contributed by atoms with Crippen LogP contribution in [-0.2, 0) is 15.7 Å². The third-order valence-corrected chi connectivity index (χ3v) is 3.17. The van der Waals surface area contributed by atoms with Gasteiger partial charge in [0.25, 0.3) is 0 Å². The van der Waals surface area contributed by atoms with E-state index in [0.29, 0.717) is 18.7 Å². The van der Waals surface area contributed by atoms with Crippen molar-refractivity contribution >= 4 is 5.97 Å². The molecule has 0 aliphatic heterocycles. The average molecular weight is 305 g/mol. The lowest BCUT2D eigenvalue weighted by atomic mass is 10.0. The van der Waals surface area contributed by atoms with Crippen molar-refractivity contribution in [3.63, 3.8) is 0 Å². The minimum Gasteiger partial charge on any atom is -0.480 e. The predicted molar refractivity (Wildman–Crippen MR) is 70.9 cm³/mol. The molecule has 0 aliphatic carbocycles. The Kier molecular flexibility index (Phi) is 6.17. The number of rotatable bonds is 7. The Morgan fingerprint density at radius 2 is 2.10 bits per heavy atom. The van der Waals surface area contributed by atoms with Gasteiger partial charge in [-0.3, -0.25) is 9.69 Å². The van der Waals surface area contributed by atoms with Gasteiger partial charge in [0, 0.05) is 19.7 Å².